The predicted octanol–water partition coefficient (Wildman–Crippen LogP) is 2.79. The molecule has 1 heterocycles. The molecule has 3 nitrogen and oxygen atoms in total. The molecule has 1 aliphatic rings. The molecule has 0 radical (unpaired) electrons. The second-order valence-electron chi connectivity index (χ2n) is 3.67. The lowest BCUT2D eigenvalue weighted by atomic mass is 10.1. The van der Waals surface area contributed by atoms with Gasteiger partial charge in [-0.05, 0) is 24.6 Å². The summed E-state index contributed by atoms with van der Waals surface area (Å²) in [6.45, 7) is 3.58. The number of benzene rings is 1. The Morgan fingerprint density at radius 2 is 2.38 bits per heavy atom. The molecule has 2 N–H and O–H groups in total. The molecular formula is C11H13BrClN3. The zero-order valence-corrected chi connectivity index (χ0v) is 11.3. The number of nitrogens with zero attached hydrogens (tertiary/aromatic N) is 2. The summed E-state index contributed by atoms with van der Waals surface area (Å²) in [7, 11) is 0. The Balaban J connectivity index is 2.32. The van der Waals surface area contributed by atoms with Crippen LogP contribution in [0.15, 0.2) is 27.7 Å². The number of hydrogen-bond donors (Lipinski definition) is 1. The number of likely N-dealkylation sites (N-methyl/N-ethyl adjacent to an activating group) is 1. The molecule has 1 unspecified atom stereocenters. The van der Waals surface area contributed by atoms with E-state index in [1.807, 2.05) is 18.2 Å². The third-order valence-corrected chi connectivity index (χ3v) is 3.58. The lowest BCUT2D eigenvalue weighted by molar-refractivity contribution is 0.364. The molecule has 1 aromatic carbocycles. The van der Waals surface area contributed by atoms with Crippen molar-refractivity contribution in [2.45, 2.75) is 13.0 Å². The maximum atomic E-state index is 6.23. The van der Waals surface area contributed by atoms with E-state index >= 15 is 0 Å². The molecule has 0 spiro atoms. The maximum Gasteiger partial charge on any atom is 0.191 e. The van der Waals surface area contributed by atoms with Crippen molar-refractivity contribution in [3.05, 3.63) is 33.3 Å². The normalized spacial score (nSPS) is 20.1. The van der Waals surface area contributed by atoms with E-state index < -0.39 is 0 Å². The summed E-state index contributed by atoms with van der Waals surface area (Å²) >= 11 is 9.63. The quantitative estimate of drug-likeness (QED) is 0.913. The van der Waals surface area contributed by atoms with Gasteiger partial charge in [-0.15, -0.1) is 0 Å². The zero-order valence-electron chi connectivity index (χ0n) is 8.95. The molecular weight excluding hydrogens is 289 g/mol. The molecule has 0 bridgehead atoms. The molecule has 1 aromatic rings. The highest BCUT2D eigenvalue weighted by atomic mass is 79.9. The first-order chi connectivity index (χ1) is 7.63. The van der Waals surface area contributed by atoms with Crippen molar-refractivity contribution in [2.24, 2.45) is 10.7 Å². The Kier molecular flexibility index (Phi) is 3.40. The van der Waals surface area contributed by atoms with E-state index in [4.69, 9.17) is 17.3 Å². The van der Waals surface area contributed by atoms with Crippen LogP contribution in [-0.2, 0) is 0 Å². The van der Waals surface area contributed by atoms with Crippen LogP contribution in [0, 0.1) is 0 Å². The number of nitrogens with two attached hydrogens (primary N) is 1. The minimum Gasteiger partial charge on any atom is -0.370 e. The maximum absolute atomic E-state index is 6.23. The number of halogens is 2. The average Bonchev–Trinajstić information content (AvgIpc) is 2.59. The first-order valence-electron chi connectivity index (χ1n) is 5.15. The van der Waals surface area contributed by atoms with E-state index in [-0.39, 0.29) is 6.04 Å². The number of aliphatic imine (C=N–C) groups is 1. The fourth-order valence-electron chi connectivity index (χ4n) is 1.95. The molecule has 0 saturated heterocycles. The van der Waals surface area contributed by atoms with Crippen LogP contribution in [0.2, 0.25) is 5.02 Å². The fourth-order valence-corrected chi connectivity index (χ4v) is 2.75. The van der Waals surface area contributed by atoms with E-state index in [1.54, 1.807) is 0 Å². The summed E-state index contributed by atoms with van der Waals surface area (Å²) in [5.74, 6) is 0.603. The van der Waals surface area contributed by atoms with Gasteiger partial charge < -0.3 is 10.6 Å². The SMILES string of the molecule is CCN1C(N)=NCC1c1ccc(Br)cc1Cl. The van der Waals surface area contributed by atoms with Crippen LogP contribution in [0.25, 0.3) is 0 Å². The molecule has 0 aliphatic carbocycles. The van der Waals surface area contributed by atoms with Gasteiger partial charge >= 0.3 is 0 Å². The standard InChI is InChI=1S/C11H13BrClN3/c1-2-16-10(6-15-11(16)14)8-4-3-7(12)5-9(8)13/h3-5,10H,2,6H2,1H3,(H2,14,15). The van der Waals surface area contributed by atoms with Crippen LogP contribution < -0.4 is 5.73 Å². The monoisotopic (exact) mass is 301 g/mol. The second kappa shape index (κ2) is 4.63. The predicted molar refractivity (Wildman–Crippen MR) is 70.8 cm³/mol. The van der Waals surface area contributed by atoms with E-state index in [0.29, 0.717) is 12.5 Å². The lowest BCUT2D eigenvalue weighted by Gasteiger charge is -2.25. The van der Waals surface area contributed by atoms with Crippen LogP contribution in [0.5, 0.6) is 0 Å². The third-order valence-electron chi connectivity index (χ3n) is 2.76. The molecule has 1 atom stereocenters. The Hall–Kier alpha value is -0.740. The van der Waals surface area contributed by atoms with E-state index in [2.05, 4.69) is 32.7 Å². The van der Waals surface area contributed by atoms with Crippen LogP contribution in [0.4, 0.5) is 0 Å². The molecule has 0 saturated carbocycles. The molecule has 0 fully saturated rings. The molecule has 86 valence electrons. The van der Waals surface area contributed by atoms with Gasteiger partial charge in [-0.3, -0.25) is 4.99 Å². The molecule has 5 heteroatoms. The van der Waals surface area contributed by atoms with E-state index in [0.717, 1.165) is 21.6 Å². The van der Waals surface area contributed by atoms with Crippen molar-refractivity contribution in [1.29, 1.82) is 0 Å². The first kappa shape index (κ1) is 11.7. The summed E-state index contributed by atoms with van der Waals surface area (Å²) < 4.78 is 0.983. The molecule has 2 rings (SSSR count). The summed E-state index contributed by atoms with van der Waals surface area (Å²) in [5.41, 5.74) is 6.90. The van der Waals surface area contributed by atoms with Gasteiger partial charge in [0.15, 0.2) is 5.96 Å². The summed E-state index contributed by atoms with van der Waals surface area (Å²) in [6.07, 6.45) is 0. The fraction of sp³-hybridized carbons (Fsp3) is 0.364. The minimum absolute atomic E-state index is 0.172. The highest BCUT2D eigenvalue weighted by Crippen LogP contribution is 2.32. The average molecular weight is 303 g/mol. The lowest BCUT2D eigenvalue weighted by Crippen LogP contribution is -2.35. The van der Waals surface area contributed by atoms with Gasteiger partial charge in [0, 0.05) is 16.0 Å². The summed E-state index contributed by atoms with van der Waals surface area (Å²) in [5, 5.41) is 0.753. The van der Waals surface area contributed by atoms with Crippen LogP contribution in [0.3, 0.4) is 0 Å². The molecule has 0 aromatic heterocycles. The first-order valence-corrected chi connectivity index (χ1v) is 6.32. The van der Waals surface area contributed by atoms with Crippen LogP contribution >= 0.6 is 27.5 Å². The Morgan fingerprint density at radius 3 is 3.00 bits per heavy atom. The zero-order chi connectivity index (χ0) is 11.7. The smallest absolute Gasteiger partial charge is 0.191 e. The number of guanidine groups is 1. The van der Waals surface area contributed by atoms with Gasteiger partial charge in [-0.1, -0.05) is 33.6 Å². The minimum atomic E-state index is 0.172. The van der Waals surface area contributed by atoms with Crippen molar-refractivity contribution >= 4 is 33.5 Å². The topological polar surface area (TPSA) is 41.6 Å². The molecule has 0 amide bonds. The Labute approximate surface area is 108 Å². The second-order valence-corrected chi connectivity index (χ2v) is 4.99. The van der Waals surface area contributed by atoms with Crippen LogP contribution in [-0.4, -0.2) is 23.9 Å². The number of rotatable bonds is 2. The van der Waals surface area contributed by atoms with Gasteiger partial charge in [-0.2, -0.15) is 0 Å². The Morgan fingerprint density at radius 1 is 1.62 bits per heavy atom. The van der Waals surface area contributed by atoms with Gasteiger partial charge in [0.25, 0.3) is 0 Å². The van der Waals surface area contributed by atoms with Crippen LogP contribution in [0.1, 0.15) is 18.5 Å². The largest absolute Gasteiger partial charge is 0.370 e. The van der Waals surface area contributed by atoms with E-state index in [1.165, 1.54) is 0 Å². The van der Waals surface area contributed by atoms with Gasteiger partial charge in [0.05, 0.1) is 12.6 Å². The van der Waals surface area contributed by atoms with Gasteiger partial charge in [0.2, 0.25) is 0 Å². The van der Waals surface area contributed by atoms with Crippen molar-refractivity contribution in [1.82, 2.24) is 4.90 Å². The van der Waals surface area contributed by atoms with Crippen molar-refractivity contribution in [3.8, 4) is 0 Å². The van der Waals surface area contributed by atoms with Crippen molar-refractivity contribution < 1.29 is 0 Å². The third kappa shape index (κ3) is 2.04. The van der Waals surface area contributed by atoms with Crippen molar-refractivity contribution in [2.75, 3.05) is 13.1 Å². The summed E-state index contributed by atoms with van der Waals surface area (Å²) in [6, 6.07) is 6.09. The van der Waals surface area contributed by atoms with Gasteiger partial charge in [-0.25, -0.2) is 0 Å². The van der Waals surface area contributed by atoms with Crippen molar-refractivity contribution in [3.63, 3.8) is 0 Å². The van der Waals surface area contributed by atoms with E-state index in [9.17, 15) is 0 Å². The Bertz CT molecular complexity index is 433. The molecule has 1 aliphatic heterocycles. The highest BCUT2D eigenvalue weighted by molar-refractivity contribution is 9.10. The highest BCUT2D eigenvalue weighted by Gasteiger charge is 2.27. The number of hydrogen-bond acceptors (Lipinski definition) is 3. The summed E-state index contributed by atoms with van der Waals surface area (Å²) in [4.78, 5) is 6.32. The molecule has 16 heavy (non-hydrogen) atoms. The van der Waals surface area contributed by atoms with Gasteiger partial charge in [0.1, 0.15) is 0 Å².